The van der Waals surface area contributed by atoms with Crippen molar-refractivity contribution in [2.45, 2.75) is 63.6 Å². The zero-order valence-corrected chi connectivity index (χ0v) is 12.8. The van der Waals surface area contributed by atoms with E-state index in [0.717, 1.165) is 45.3 Å². The molecule has 0 aromatic carbocycles. The van der Waals surface area contributed by atoms with E-state index in [1.54, 1.807) is 6.92 Å². The molecule has 2 aliphatic rings. The second kappa shape index (κ2) is 6.87. The van der Waals surface area contributed by atoms with Crippen molar-refractivity contribution in [1.82, 2.24) is 15.5 Å². The molecule has 5 heteroatoms. The van der Waals surface area contributed by atoms with E-state index in [0.29, 0.717) is 19.0 Å². The van der Waals surface area contributed by atoms with E-state index in [1.807, 2.05) is 6.92 Å². The molecule has 2 fully saturated rings. The van der Waals surface area contributed by atoms with E-state index in [4.69, 9.17) is 0 Å². The van der Waals surface area contributed by atoms with Crippen molar-refractivity contribution in [3.8, 4) is 0 Å². The molecule has 1 amide bonds. The summed E-state index contributed by atoms with van der Waals surface area (Å²) in [4.78, 5) is 14.8. The molecule has 0 aromatic rings. The molecular weight excluding hydrogens is 254 g/mol. The molecule has 2 heterocycles. The second-order valence-corrected chi connectivity index (χ2v) is 6.45. The van der Waals surface area contributed by atoms with E-state index >= 15 is 0 Å². The van der Waals surface area contributed by atoms with Crippen LogP contribution in [0, 0.1) is 0 Å². The number of hydrogen-bond donors (Lipinski definition) is 3. The molecule has 2 atom stereocenters. The van der Waals surface area contributed by atoms with Crippen LogP contribution in [0.5, 0.6) is 0 Å². The highest BCUT2D eigenvalue weighted by Gasteiger charge is 2.36. The van der Waals surface area contributed by atoms with Gasteiger partial charge in [-0.05, 0) is 58.7 Å². The lowest BCUT2D eigenvalue weighted by Gasteiger charge is -2.35. The molecule has 116 valence electrons. The number of carbonyl (C=O) groups is 1. The van der Waals surface area contributed by atoms with Crippen molar-refractivity contribution in [2.75, 3.05) is 26.2 Å². The molecule has 3 N–H and O–H groups in total. The Labute approximate surface area is 122 Å². The van der Waals surface area contributed by atoms with Gasteiger partial charge in [0.05, 0.1) is 11.6 Å². The van der Waals surface area contributed by atoms with Crippen LogP contribution in [0.25, 0.3) is 0 Å². The van der Waals surface area contributed by atoms with Crippen molar-refractivity contribution in [2.24, 2.45) is 0 Å². The first kappa shape index (κ1) is 15.7. The number of likely N-dealkylation sites (tertiary alicyclic amines) is 1. The normalized spacial score (nSPS) is 28.2. The number of aliphatic hydroxyl groups is 1. The summed E-state index contributed by atoms with van der Waals surface area (Å²) in [5, 5.41) is 16.3. The topological polar surface area (TPSA) is 64.6 Å². The van der Waals surface area contributed by atoms with Crippen LogP contribution in [0.3, 0.4) is 0 Å². The lowest BCUT2D eigenvalue weighted by molar-refractivity contribution is -0.127. The van der Waals surface area contributed by atoms with E-state index in [9.17, 15) is 9.90 Å². The number of amides is 1. The number of rotatable bonds is 5. The van der Waals surface area contributed by atoms with Crippen LogP contribution >= 0.6 is 0 Å². The van der Waals surface area contributed by atoms with E-state index in [-0.39, 0.29) is 11.9 Å². The van der Waals surface area contributed by atoms with Gasteiger partial charge in [0, 0.05) is 12.6 Å². The molecule has 0 aromatic heterocycles. The summed E-state index contributed by atoms with van der Waals surface area (Å²) in [6.45, 7) is 7.20. The maximum Gasteiger partial charge on any atom is 0.237 e. The highest BCUT2D eigenvalue weighted by molar-refractivity contribution is 5.82. The summed E-state index contributed by atoms with van der Waals surface area (Å²) in [6.07, 6.45) is 4.97. The molecule has 5 nitrogen and oxygen atoms in total. The third-order valence-corrected chi connectivity index (χ3v) is 4.78. The maximum atomic E-state index is 12.4. The van der Waals surface area contributed by atoms with Gasteiger partial charge in [0.1, 0.15) is 0 Å². The standard InChI is InChI=1S/C15H29N3O2/c1-3-15(2,20)11-17-14(19)13-5-4-10-18(13)12-6-8-16-9-7-12/h12-13,16,20H,3-11H2,1-2H3,(H,17,19). The fourth-order valence-corrected chi connectivity index (χ4v) is 3.17. The van der Waals surface area contributed by atoms with Crippen molar-refractivity contribution < 1.29 is 9.90 Å². The van der Waals surface area contributed by atoms with Crippen LogP contribution in [-0.2, 0) is 4.79 Å². The van der Waals surface area contributed by atoms with Crippen molar-refractivity contribution in [3.05, 3.63) is 0 Å². The minimum absolute atomic E-state index is 0.00533. The second-order valence-electron chi connectivity index (χ2n) is 6.45. The van der Waals surface area contributed by atoms with Gasteiger partial charge < -0.3 is 15.7 Å². The van der Waals surface area contributed by atoms with Crippen LogP contribution in [0.1, 0.15) is 46.0 Å². The Morgan fingerprint density at radius 3 is 2.75 bits per heavy atom. The molecule has 2 rings (SSSR count). The summed E-state index contributed by atoms with van der Waals surface area (Å²) < 4.78 is 0. The molecule has 0 saturated carbocycles. The molecule has 2 aliphatic heterocycles. The number of piperidine rings is 1. The predicted molar refractivity (Wildman–Crippen MR) is 79.5 cm³/mol. The van der Waals surface area contributed by atoms with Gasteiger partial charge in [-0.1, -0.05) is 6.92 Å². The first-order valence-corrected chi connectivity index (χ1v) is 8.00. The number of hydrogen-bond acceptors (Lipinski definition) is 4. The van der Waals surface area contributed by atoms with Gasteiger partial charge >= 0.3 is 0 Å². The molecular formula is C15H29N3O2. The smallest absolute Gasteiger partial charge is 0.237 e. The van der Waals surface area contributed by atoms with Gasteiger partial charge in [-0.25, -0.2) is 0 Å². The fraction of sp³-hybridized carbons (Fsp3) is 0.933. The van der Waals surface area contributed by atoms with Gasteiger partial charge in [0.15, 0.2) is 0 Å². The highest BCUT2D eigenvalue weighted by Crippen LogP contribution is 2.24. The summed E-state index contributed by atoms with van der Waals surface area (Å²) in [5.41, 5.74) is -0.798. The number of nitrogens with zero attached hydrogens (tertiary/aromatic N) is 1. The minimum Gasteiger partial charge on any atom is -0.388 e. The Bertz CT molecular complexity index is 327. The fourth-order valence-electron chi connectivity index (χ4n) is 3.17. The van der Waals surface area contributed by atoms with Gasteiger partial charge in [-0.15, -0.1) is 0 Å². The van der Waals surface area contributed by atoms with Crippen LogP contribution < -0.4 is 10.6 Å². The van der Waals surface area contributed by atoms with Gasteiger partial charge in [0.25, 0.3) is 0 Å². The average molecular weight is 283 g/mol. The molecule has 2 saturated heterocycles. The van der Waals surface area contributed by atoms with Crippen LogP contribution in [0.2, 0.25) is 0 Å². The summed E-state index contributed by atoms with van der Waals surface area (Å²) in [6, 6.07) is 0.548. The third kappa shape index (κ3) is 3.93. The van der Waals surface area contributed by atoms with Crippen LogP contribution in [-0.4, -0.2) is 59.8 Å². The summed E-state index contributed by atoms with van der Waals surface area (Å²) >= 11 is 0. The minimum atomic E-state index is -0.798. The molecule has 20 heavy (non-hydrogen) atoms. The van der Waals surface area contributed by atoms with Crippen molar-refractivity contribution in [1.29, 1.82) is 0 Å². The Hall–Kier alpha value is -0.650. The highest BCUT2D eigenvalue weighted by atomic mass is 16.3. The van der Waals surface area contributed by atoms with E-state index in [2.05, 4.69) is 15.5 Å². The number of nitrogens with one attached hydrogen (secondary N) is 2. The lowest BCUT2D eigenvalue weighted by atomic mass is 10.0. The van der Waals surface area contributed by atoms with E-state index in [1.165, 1.54) is 0 Å². The van der Waals surface area contributed by atoms with E-state index < -0.39 is 5.60 Å². The SMILES string of the molecule is CCC(C)(O)CNC(=O)C1CCCN1C1CCNCC1. The monoisotopic (exact) mass is 283 g/mol. The molecule has 0 spiro atoms. The summed E-state index contributed by atoms with van der Waals surface area (Å²) in [5.74, 6) is 0.0924. The molecule has 2 unspecified atom stereocenters. The molecule has 0 aliphatic carbocycles. The average Bonchev–Trinajstić information content (AvgIpc) is 2.95. The van der Waals surface area contributed by atoms with Gasteiger partial charge in [-0.2, -0.15) is 0 Å². The Kier molecular flexibility index (Phi) is 5.41. The Morgan fingerprint density at radius 2 is 2.10 bits per heavy atom. The quantitative estimate of drug-likeness (QED) is 0.687. The lowest BCUT2D eigenvalue weighted by Crippen LogP contribution is -2.52. The van der Waals surface area contributed by atoms with Gasteiger partial charge in [0.2, 0.25) is 5.91 Å². The third-order valence-electron chi connectivity index (χ3n) is 4.78. The van der Waals surface area contributed by atoms with Gasteiger partial charge in [-0.3, -0.25) is 9.69 Å². The van der Waals surface area contributed by atoms with Crippen molar-refractivity contribution >= 4 is 5.91 Å². The molecule has 0 bridgehead atoms. The Morgan fingerprint density at radius 1 is 1.40 bits per heavy atom. The van der Waals surface area contributed by atoms with Crippen LogP contribution in [0.4, 0.5) is 0 Å². The predicted octanol–water partition coefficient (Wildman–Crippen LogP) is 0.480. The summed E-state index contributed by atoms with van der Waals surface area (Å²) in [7, 11) is 0. The zero-order valence-electron chi connectivity index (χ0n) is 12.8. The largest absolute Gasteiger partial charge is 0.388 e. The van der Waals surface area contributed by atoms with Crippen molar-refractivity contribution in [3.63, 3.8) is 0 Å². The first-order valence-electron chi connectivity index (χ1n) is 8.00. The Balaban J connectivity index is 1.87. The maximum absolute atomic E-state index is 12.4. The zero-order chi connectivity index (χ0) is 14.6. The van der Waals surface area contributed by atoms with Crippen LogP contribution in [0.15, 0.2) is 0 Å². The number of carbonyl (C=O) groups excluding carboxylic acids is 1. The first-order chi connectivity index (χ1) is 9.53. The molecule has 0 radical (unpaired) electrons.